The SMILES string of the molecule is CC1CCC(N(C(=O)CC2CC3CCC(C2)N3)C2CC2)CC1. The highest BCUT2D eigenvalue weighted by atomic mass is 16.2. The molecule has 2 saturated carbocycles. The van der Waals surface area contributed by atoms with Crippen LogP contribution < -0.4 is 5.32 Å². The average molecular weight is 304 g/mol. The quantitative estimate of drug-likeness (QED) is 0.862. The maximum atomic E-state index is 13.0. The molecule has 2 saturated heterocycles. The lowest BCUT2D eigenvalue weighted by molar-refractivity contribution is -0.136. The maximum Gasteiger partial charge on any atom is 0.223 e. The molecule has 0 aromatic carbocycles. The van der Waals surface area contributed by atoms with Gasteiger partial charge in [0.2, 0.25) is 5.91 Å². The van der Waals surface area contributed by atoms with Crippen LogP contribution in [0.2, 0.25) is 0 Å². The Hall–Kier alpha value is -0.570. The Labute approximate surface area is 135 Å². The van der Waals surface area contributed by atoms with Crippen molar-refractivity contribution in [2.24, 2.45) is 11.8 Å². The molecule has 4 rings (SSSR count). The number of rotatable bonds is 4. The molecular weight excluding hydrogens is 272 g/mol. The van der Waals surface area contributed by atoms with Crippen LogP contribution in [0.15, 0.2) is 0 Å². The Morgan fingerprint density at radius 1 is 0.909 bits per heavy atom. The molecule has 2 heterocycles. The van der Waals surface area contributed by atoms with Gasteiger partial charge in [0, 0.05) is 30.6 Å². The number of carbonyl (C=O) groups is 1. The van der Waals surface area contributed by atoms with E-state index in [1.54, 1.807) is 0 Å². The summed E-state index contributed by atoms with van der Waals surface area (Å²) in [6.45, 7) is 2.37. The van der Waals surface area contributed by atoms with Gasteiger partial charge in [-0.1, -0.05) is 6.92 Å². The zero-order chi connectivity index (χ0) is 15.1. The van der Waals surface area contributed by atoms with Crippen molar-refractivity contribution in [1.29, 1.82) is 0 Å². The predicted molar refractivity (Wildman–Crippen MR) is 88.6 cm³/mol. The first-order chi connectivity index (χ1) is 10.7. The minimum atomic E-state index is 0.494. The number of fused-ring (bicyclic) bond motifs is 2. The van der Waals surface area contributed by atoms with Gasteiger partial charge in [-0.15, -0.1) is 0 Å². The van der Waals surface area contributed by atoms with E-state index in [2.05, 4.69) is 17.1 Å². The molecule has 4 aliphatic rings. The van der Waals surface area contributed by atoms with E-state index in [-0.39, 0.29) is 0 Å². The predicted octanol–water partition coefficient (Wildman–Crippen LogP) is 3.48. The van der Waals surface area contributed by atoms with E-state index in [0.717, 1.165) is 12.3 Å². The number of hydrogen-bond acceptors (Lipinski definition) is 2. The summed E-state index contributed by atoms with van der Waals surface area (Å²) >= 11 is 0. The Kier molecular flexibility index (Phi) is 4.19. The number of piperidine rings is 1. The molecule has 0 aromatic rings. The third-order valence-corrected chi connectivity index (χ3v) is 6.64. The number of nitrogens with one attached hydrogen (secondary N) is 1. The van der Waals surface area contributed by atoms with Crippen molar-refractivity contribution in [2.45, 2.75) is 102 Å². The molecule has 2 unspecified atom stereocenters. The van der Waals surface area contributed by atoms with E-state index in [1.165, 1.54) is 64.2 Å². The first-order valence-corrected chi connectivity index (χ1v) is 9.76. The number of carbonyl (C=O) groups excluding carboxylic acids is 1. The van der Waals surface area contributed by atoms with Crippen molar-refractivity contribution in [2.75, 3.05) is 0 Å². The molecule has 2 atom stereocenters. The molecule has 2 aliphatic carbocycles. The lowest BCUT2D eigenvalue weighted by Gasteiger charge is -2.38. The Morgan fingerprint density at radius 2 is 1.45 bits per heavy atom. The summed E-state index contributed by atoms with van der Waals surface area (Å²) in [5.41, 5.74) is 0. The standard InChI is InChI=1S/C19H32N2O/c1-13-2-6-17(7-3-13)21(18-8-9-18)19(22)12-14-10-15-4-5-16(11-14)20-15/h13-18,20H,2-12H2,1H3. The van der Waals surface area contributed by atoms with Crippen LogP contribution in [0.3, 0.4) is 0 Å². The molecule has 0 radical (unpaired) electrons. The van der Waals surface area contributed by atoms with Gasteiger partial charge in [-0.2, -0.15) is 0 Å². The van der Waals surface area contributed by atoms with Gasteiger partial charge in [0.15, 0.2) is 0 Å². The van der Waals surface area contributed by atoms with Crippen molar-refractivity contribution in [3.8, 4) is 0 Å². The van der Waals surface area contributed by atoms with Gasteiger partial charge in [-0.05, 0) is 76.0 Å². The van der Waals surface area contributed by atoms with Crippen molar-refractivity contribution in [1.82, 2.24) is 10.2 Å². The molecule has 22 heavy (non-hydrogen) atoms. The Balaban J connectivity index is 1.36. The molecule has 124 valence electrons. The summed E-state index contributed by atoms with van der Waals surface area (Å²) in [6, 6.07) is 2.59. The lowest BCUT2D eigenvalue weighted by atomic mass is 9.85. The Morgan fingerprint density at radius 3 is 2.00 bits per heavy atom. The average Bonchev–Trinajstić information content (AvgIpc) is 3.26. The van der Waals surface area contributed by atoms with Crippen LogP contribution in [0, 0.1) is 11.8 Å². The minimum absolute atomic E-state index is 0.494. The fourth-order valence-corrected chi connectivity index (χ4v) is 5.27. The monoisotopic (exact) mass is 304 g/mol. The smallest absolute Gasteiger partial charge is 0.223 e. The summed E-state index contributed by atoms with van der Waals surface area (Å²) in [6.07, 6.45) is 13.6. The van der Waals surface area contributed by atoms with E-state index >= 15 is 0 Å². The highest BCUT2D eigenvalue weighted by Crippen LogP contribution is 2.38. The minimum Gasteiger partial charge on any atom is -0.337 e. The summed E-state index contributed by atoms with van der Waals surface area (Å²) in [7, 11) is 0. The van der Waals surface area contributed by atoms with Gasteiger partial charge in [0.05, 0.1) is 0 Å². The zero-order valence-electron chi connectivity index (χ0n) is 14.1. The normalized spacial score (nSPS) is 41.4. The van der Waals surface area contributed by atoms with E-state index in [1.807, 2.05) is 0 Å². The number of amides is 1. The van der Waals surface area contributed by atoms with Crippen LogP contribution in [0.5, 0.6) is 0 Å². The highest BCUT2D eigenvalue weighted by Gasteiger charge is 2.40. The van der Waals surface area contributed by atoms with Crippen LogP contribution in [-0.2, 0) is 4.79 Å². The second-order valence-corrected chi connectivity index (χ2v) is 8.63. The summed E-state index contributed by atoms with van der Waals surface area (Å²) < 4.78 is 0. The molecule has 0 aromatic heterocycles. The van der Waals surface area contributed by atoms with Gasteiger partial charge >= 0.3 is 0 Å². The van der Waals surface area contributed by atoms with Crippen LogP contribution in [0.4, 0.5) is 0 Å². The van der Waals surface area contributed by atoms with E-state index < -0.39 is 0 Å². The van der Waals surface area contributed by atoms with E-state index in [9.17, 15) is 4.79 Å². The first kappa shape index (κ1) is 15.0. The number of hydrogen-bond donors (Lipinski definition) is 1. The largest absolute Gasteiger partial charge is 0.337 e. The van der Waals surface area contributed by atoms with E-state index in [4.69, 9.17) is 0 Å². The second-order valence-electron chi connectivity index (χ2n) is 8.63. The van der Waals surface area contributed by atoms with Gasteiger partial charge in [0.1, 0.15) is 0 Å². The first-order valence-electron chi connectivity index (χ1n) is 9.76. The van der Waals surface area contributed by atoms with Crippen molar-refractivity contribution < 1.29 is 4.79 Å². The van der Waals surface area contributed by atoms with Crippen molar-refractivity contribution >= 4 is 5.91 Å². The molecular formula is C19H32N2O. The molecule has 1 N–H and O–H groups in total. The lowest BCUT2D eigenvalue weighted by Crippen LogP contribution is -2.45. The van der Waals surface area contributed by atoms with Gasteiger partial charge in [-0.3, -0.25) is 4.79 Å². The molecule has 1 amide bonds. The zero-order valence-corrected chi connectivity index (χ0v) is 14.1. The molecule has 2 bridgehead atoms. The third-order valence-electron chi connectivity index (χ3n) is 6.64. The third kappa shape index (κ3) is 3.20. The molecule has 2 aliphatic heterocycles. The van der Waals surface area contributed by atoms with Gasteiger partial charge < -0.3 is 10.2 Å². The molecule has 3 nitrogen and oxygen atoms in total. The highest BCUT2D eigenvalue weighted by molar-refractivity contribution is 5.77. The topological polar surface area (TPSA) is 32.3 Å². The summed E-state index contributed by atoms with van der Waals surface area (Å²) in [5, 5.41) is 3.70. The van der Waals surface area contributed by atoms with Crippen LogP contribution in [-0.4, -0.2) is 35.0 Å². The summed E-state index contributed by atoms with van der Waals surface area (Å²) in [4.78, 5) is 15.4. The van der Waals surface area contributed by atoms with Crippen LogP contribution in [0.25, 0.3) is 0 Å². The van der Waals surface area contributed by atoms with Crippen LogP contribution >= 0.6 is 0 Å². The molecule has 3 heteroatoms. The second kappa shape index (κ2) is 6.14. The summed E-state index contributed by atoms with van der Waals surface area (Å²) in [5.74, 6) is 2.01. The fraction of sp³-hybridized carbons (Fsp3) is 0.947. The van der Waals surface area contributed by atoms with E-state index in [0.29, 0.717) is 36.0 Å². The molecule has 4 fully saturated rings. The fourth-order valence-electron chi connectivity index (χ4n) is 5.27. The van der Waals surface area contributed by atoms with Crippen molar-refractivity contribution in [3.63, 3.8) is 0 Å². The maximum absolute atomic E-state index is 13.0. The van der Waals surface area contributed by atoms with Gasteiger partial charge in [0.25, 0.3) is 0 Å². The Bertz CT molecular complexity index is 400. The molecule has 0 spiro atoms. The van der Waals surface area contributed by atoms with Crippen LogP contribution in [0.1, 0.15) is 77.6 Å². The number of nitrogens with zero attached hydrogens (tertiary/aromatic N) is 1. The van der Waals surface area contributed by atoms with Gasteiger partial charge in [-0.25, -0.2) is 0 Å². The van der Waals surface area contributed by atoms with Crippen molar-refractivity contribution in [3.05, 3.63) is 0 Å².